The van der Waals surface area contributed by atoms with Crippen molar-refractivity contribution >= 4 is 11.6 Å². The van der Waals surface area contributed by atoms with Crippen LogP contribution in [0.2, 0.25) is 0 Å². The number of likely N-dealkylation sites (tertiary alicyclic amines) is 1. The van der Waals surface area contributed by atoms with Gasteiger partial charge < -0.3 is 10.1 Å². The number of hydrogen-bond acceptors (Lipinski definition) is 6. The summed E-state index contributed by atoms with van der Waals surface area (Å²) in [5.41, 5.74) is 1.90. The van der Waals surface area contributed by atoms with Crippen molar-refractivity contribution < 1.29 is 4.74 Å². The Hall–Kier alpha value is -2.49. The summed E-state index contributed by atoms with van der Waals surface area (Å²) in [6, 6.07) is 10.4. The lowest BCUT2D eigenvalue weighted by Crippen LogP contribution is -2.51. The van der Waals surface area contributed by atoms with Gasteiger partial charge in [-0.05, 0) is 61.7 Å². The third kappa shape index (κ3) is 3.63. The number of nitrogens with one attached hydrogen (secondary N) is 1. The Labute approximate surface area is 147 Å². The van der Waals surface area contributed by atoms with Gasteiger partial charge in [0.25, 0.3) is 0 Å². The Balaban J connectivity index is 1.42. The zero-order chi connectivity index (χ0) is 17.1. The highest BCUT2D eigenvalue weighted by atomic mass is 16.5. The molecule has 6 nitrogen and oxygen atoms in total. The number of ether oxygens (including phenoxy) is 1. The molecular formula is C19H21N5O. The number of aromatic nitrogens is 2. The average Bonchev–Trinajstić information content (AvgIpc) is 2.61. The van der Waals surface area contributed by atoms with E-state index in [0.717, 1.165) is 32.1 Å². The third-order valence-electron chi connectivity index (χ3n) is 5.07. The van der Waals surface area contributed by atoms with Gasteiger partial charge in [0.1, 0.15) is 11.6 Å². The summed E-state index contributed by atoms with van der Waals surface area (Å²) in [6.07, 6.45) is 5.81. The van der Waals surface area contributed by atoms with Gasteiger partial charge in [-0.25, -0.2) is 9.97 Å². The maximum Gasteiger partial charge on any atom is 0.132 e. The standard InChI is InChI=1S/C19H21N5O/c20-11-14-1-5-21-18(9-14)23-19-10-16(2-6-22-19)15-3-7-24(8-4-15)17-12-25-13-17/h1-2,5-6,9-10,15,17H,3-4,7-8,12-13H2,(H,21,22,23). The van der Waals surface area contributed by atoms with Crippen LogP contribution >= 0.6 is 0 Å². The minimum absolute atomic E-state index is 0.569. The summed E-state index contributed by atoms with van der Waals surface area (Å²) >= 11 is 0. The first-order valence-electron chi connectivity index (χ1n) is 8.73. The Morgan fingerprint density at radius 3 is 2.48 bits per heavy atom. The van der Waals surface area contributed by atoms with E-state index >= 15 is 0 Å². The zero-order valence-corrected chi connectivity index (χ0v) is 14.1. The van der Waals surface area contributed by atoms with Gasteiger partial charge in [0.05, 0.1) is 30.9 Å². The molecule has 4 rings (SSSR count). The van der Waals surface area contributed by atoms with Crippen LogP contribution in [0.1, 0.15) is 29.9 Å². The minimum atomic E-state index is 0.569. The van der Waals surface area contributed by atoms with E-state index in [9.17, 15) is 0 Å². The molecule has 6 heteroatoms. The first-order chi connectivity index (χ1) is 12.3. The van der Waals surface area contributed by atoms with E-state index in [-0.39, 0.29) is 0 Å². The molecule has 2 saturated heterocycles. The number of pyridine rings is 2. The Bertz CT molecular complexity index is 775. The minimum Gasteiger partial charge on any atom is -0.378 e. The van der Waals surface area contributed by atoms with Crippen molar-refractivity contribution in [3.05, 3.63) is 47.8 Å². The highest BCUT2D eigenvalue weighted by Gasteiger charge is 2.30. The Morgan fingerprint density at radius 1 is 1.08 bits per heavy atom. The predicted octanol–water partition coefficient (Wildman–Crippen LogP) is 2.67. The van der Waals surface area contributed by atoms with Crippen LogP contribution in [0.5, 0.6) is 0 Å². The number of rotatable bonds is 4. The number of hydrogen-bond donors (Lipinski definition) is 1. The lowest BCUT2D eigenvalue weighted by Gasteiger charge is -2.41. The highest BCUT2D eigenvalue weighted by molar-refractivity contribution is 5.54. The van der Waals surface area contributed by atoms with Crippen LogP contribution in [0.25, 0.3) is 0 Å². The van der Waals surface area contributed by atoms with Crippen LogP contribution in [-0.4, -0.2) is 47.2 Å². The molecule has 4 heterocycles. The second-order valence-electron chi connectivity index (χ2n) is 6.64. The monoisotopic (exact) mass is 335 g/mol. The van der Waals surface area contributed by atoms with Crippen molar-refractivity contribution in [2.75, 3.05) is 31.6 Å². The summed E-state index contributed by atoms with van der Waals surface area (Å²) < 4.78 is 5.30. The average molecular weight is 335 g/mol. The van der Waals surface area contributed by atoms with Gasteiger partial charge in [0.2, 0.25) is 0 Å². The summed E-state index contributed by atoms with van der Waals surface area (Å²) in [5.74, 6) is 1.98. The molecule has 0 atom stereocenters. The molecule has 0 unspecified atom stereocenters. The van der Waals surface area contributed by atoms with Crippen molar-refractivity contribution in [2.45, 2.75) is 24.8 Å². The Kier molecular flexibility index (Phi) is 4.59. The van der Waals surface area contributed by atoms with Crippen molar-refractivity contribution in [2.24, 2.45) is 0 Å². The predicted molar refractivity (Wildman–Crippen MR) is 94.6 cm³/mol. The second-order valence-corrected chi connectivity index (χ2v) is 6.64. The molecule has 0 bridgehead atoms. The normalized spacial score (nSPS) is 19.2. The maximum absolute atomic E-state index is 8.99. The molecular weight excluding hydrogens is 314 g/mol. The molecule has 0 aromatic carbocycles. The van der Waals surface area contributed by atoms with Crippen LogP contribution in [-0.2, 0) is 4.74 Å². The van der Waals surface area contributed by atoms with Crippen LogP contribution in [0.15, 0.2) is 36.7 Å². The molecule has 1 N–H and O–H groups in total. The van der Waals surface area contributed by atoms with Gasteiger partial charge >= 0.3 is 0 Å². The first-order valence-corrected chi connectivity index (χ1v) is 8.73. The third-order valence-corrected chi connectivity index (χ3v) is 5.07. The van der Waals surface area contributed by atoms with E-state index < -0.39 is 0 Å². The van der Waals surface area contributed by atoms with Gasteiger partial charge in [-0.15, -0.1) is 0 Å². The molecule has 2 aromatic heterocycles. The molecule has 0 spiro atoms. The van der Waals surface area contributed by atoms with Crippen LogP contribution in [0, 0.1) is 11.3 Å². The van der Waals surface area contributed by atoms with E-state index in [1.807, 2.05) is 6.20 Å². The maximum atomic E-state index is 8.99. The SMILES string of the molecule is N#Cc1ccnc(Nc2cc(C3CCN(C4COC4)CC3)ccn2)c1. The lowest BCUT2D eigenvalue weighted by molar-refractivity contribution is -0.0712. The van der Waals surface area contributed by atoms with E-state index in [4.69, 9.17) is 10.00 Å². The molecule has 2 fully saturated rings. The van der Waals surface area contributed by atoms with E-state index in [2.05, 4.69) is 38.4 Å². The molecule has 0 aliphatic carbocycles. The fraction of sp³-hybridized carbons (Fsp3) is 0.421. The number of nitrogens with zero attached hydrogens (tertiary/aromatic N) is 4. The summed E-state index contributed by atoms with van der Waals surface area (Å²) in [6.45, 7) is 4.05. The van der Waals surface area contributed by atoms with Gasteiger partial charge in [-0.2, -0.15) is 5.26 Å². The van der Waals surface area contributed by atoms with E-state index in [1.165, 1.54) is 18.4 Å². The van der Waals surface area contributed by atoms with Crippen molar-refractivity contribution in [1.29, 1.82) is 5.26 Å². The molecule has 2 aliphatic heterocycles. The molecule has 0 amide bonds. The number of anilines is 2. The topological polar surface area (TPSA) is 74.1 Å². The summed E-state index contributed by atoms with van der Waals surface area (Å²) in [5, 5.41) is 12.2. The quantitative estimate of drug-likeness (QED) is 0.926. The van der Waals surface area contributed by atoms with Crippen LogP contribution < -0.4 is 5.32 Å². The lowest BCUT2D eigenvalue weighted by atomic mass is 9.89. The smallest absolute Gasteiger partial charge is 0.132 e. The van der Waals surface area contributed by atoms with E-state index in [0.29, 0.717) is 23.3 Å². The van der Waals surface area contributed by atoms with Crippen LogP contribution in [0.4, 0.5) is 11.6 Å². The van der Waals surface area contributed by atoms with Crippen LogP contribution in [0.3, 0.4) is 0 Å². The fourth-order valence-electron chi connectivity index (χ4n) is 3.50. The summed E-state index contributed by atoms with van der Waals surface area (Å²) in [7, 11) is 0. The van der Waals surface area contributed by atoms with Gasteiger partial charge in [-0.3, -0.25) is 4.90 Å². The zero-order valence-electron chi connectivity index (χ0n) is 14.1. The Morgan fingerprint density at radius 2 is 1.80 bits per heavy atom. The number of nitriles is 1. The van der Waals surface area contributed by atoms with Crippen molar-refractivity contribution in [1.82, 2.24) is 14.9 Å². The number of piperidine rings is 1. The van der Waals surface area contributed by atoms with Crippen molar-refractivity contribution in [3.63, 3.8) is 0 Å². The molecule has 25 heavy (non-hydrogen) atoms. The fourth-order valence-corrected chi connectivity index (χ4v) is 3.50. The molecule has 128 valence electrons. The van der Waals surface area contributed by atoms with Gasteiger partial charge in [0, 0.05) is 12.4 Å². The van der Waals surface area contributed by atoms with Crippen molar-refractivity contribution in [3.8, 4) is 6.07 Å². The molecule has 0 radical (unpaired) electrons. The van der Waals surface area contributed by atoms with Gasteiger partial charge in [0.15, 0.2) is 0 Å². The first kappa shape index (κ1) is 16.0. The summed E-state index contributed by atoms with van der Waals surface area (Å²) in [4.78, 5) is 11.2. The molecule has 2 aromatic rings. The second kappa shape index (κ2) is 7.18. The highest BCUT2D eigenvalue weighted by Crippen LogP contribution is 2.31. The molecule has 0 saturated carbocycles. The van der Waals surface area contributed by atoms with Gasteiger partial charge in [-0.1, -0.05) is 0 Å². The molecule has 2 aliphatic rings. The largest absolute Gasteiger partial charge is 0.378 e. The van der Waals surface area contributed by atoms with E-state index in [1.54, 1.807) is 18.3 Å².